The van der Waals surface area contributed by atoms with Gasteiger partial charge in [-0.3, -0.25) is 4.79 Å². The number of hydrogen-bond donors (Lipinski definition) is 0. The molecule has 1 saturated heterocycles. The van der Waals surface area contributed by atoms with E-state index in [-0.39, 0.29) is 49.1 Å². The van der Waals surface area contributed by atoms with Gasteiger partial charge in [0.2, 0.25) is 16.1 Å². The number of ether oxygens (including phenoxy) is 2. The summed E-state index contributed by atoms with van der Waals surface area (Å²) in [6.45, 7) is 0.967. The number of fused-ring (bicyclic) bond motifs is 2. The van der Waals surface area contributed by atoms with Gasteiger partial charge >= 0.3 is 0 Å². The number of hydrogen-bond acceptors (Lipinski definition) is 8. The molecule has 5 rings (SSSR count). The van der Waals surface area contributed by atoms with Crippen molar-refractivity contribution in [2.24, 2.45) is 0 Å². The van der Waals surface area contributed by atoms with Gasteiger partial charge in [-0.2, -0.15) is 4.31 Å². The molecule has 1 fully saturated rings. The summed E-state index contributed by atoms with van der Waals surface area (Å²) in [5.74, 6) is 0.913. The molecule has 1 aromatic heterocycles. The number of carbonyl (C=O) groups is 1. The van der Waals surface area contributed by atoms with Crippen LogP contribution >= 0.6 is 0 Å². The van der Waals surface area contributed by atoms with Crippen molar-refractivity contribution in [1.29, 1.82) is 0 Å². The van der Waals surface area contributed by atoms with E-state index in [4.69, 9.17) is 9.47 Å². The number of aromatic nitrogens is 2. The maximum atomic E-state index is 13.1. The maximum Gasteiger partial charge on any atom is 0.267 e. The van der Waals surface area contributed by atoms with Gasteiger partial charge < -0.3 is 14.4 Å². The van der Waals surface area contributed by atoms with Crippen molar-refractivity contribution in [1.82, 2.24) is 19.5 Å². The third kappa shape index (κ3) is 3.15. The third-order valence-corrected chi connectivity index (χ3v) is 7.13. The summed E-state index contributed by atoms with van der Waals surface area (Å²) in [5.41, 5.74) is 0.571. The molecule has 0 N–H and O–H groups in total. The van der Waals surface area contributed by atoms with Crippen molar-refractivity contribution in [3.8, 4) is 11.5 Å². The highest BCUT2D eigenvalue weighted by atomic mass is 32.2. The van der Waals surface area contributed by atoms with Crippen LogP contribution in [0.3, 0.4) is 0 Å². The van der Waals surface area contributed by atoms with Gasteiger partial charge in [0.25, 0.3) is 5.91 Å². The molecule has 1 amide bonds. The van der Waals surface area contributed by atoms with Gasteiger partial charge in [-0.15, -0.1) is 0 Å². The Labute approximate surface area is 172 Å². The maximum absolute atomic E-state index is 13.1. The number of sulfonamides is 1. The SMILES string of the molecule is O=C([C@@H]1COc2ccccc2O1)N1CCN(S(=O)(=O)c2cccc3nonc23)CC1. The molecular formula is C19H18N4O6S. The fourth-order valence-electron chi connectivity index (χ4n) is 3.62. The molecule has 156 valence electrons. The summed E-state index contributed by atoms with van der Waals surface area (Å²) in [6, 6.07) is 11.9. The molecule has 0 spiro atoms. The van der Waals surface area contributed by atoms with E-state index in [9.17, 15) is 13.2 Å². The van der Waals surface area contributed by atoms with E-state index in [1.807, 2.05) is 12.1 Å². The molecule has 30 heavy (non-hydrogen) atoms. The molecule has 11 heteroatoms. The van der Waals surface area contributed by atoms with Gasteiger partial charge in [-0.05, 0) is 34.6 Å². The Kier molecular flexibility index (Phi) is 4.55. The fourth-order valence-corrected chi connectivity index (χ4v) is 5.18. The number of para-hydroxylation sites is 2. The van der Waals surface area contributed by atoms with Crippen molar-refractivity contribution in [2.75, 3.05) is 32.8 Å². The summed E-state index contributed by atoms with van der Waals surface area (Å²) >= 11 is 0. The fraction of sp³-hybridized carbons (Fsp3) is 0.316. The molecule has 0 radical (unpaired) electrons. The van der Waals surface area contributed by atoms with E-state index < -0.39 is 16.1 Å². The first kappa shape index (κ1) is 18.8. The van der Waals surface area contributed by atoms with E-state index in [1.54, 1.807) is 29.2 Å². The van der Waals surface area contributed by atoms with Crippen LogP contribution in [0.4, 0.5) is 0 Å². The Morgan fingerprint density at radius 1 is 0.967 bits per heavy atom. The lowest BCUT2D eigenvalue weighted by molar-refractivity contribution is -0.142. The lowest BCUT2D eigenvalue weighted by atomic mass is 10.2. The number of amides is 1. The number of piperazine rings is 1. The van der Waals surface area contributed by atoms with Crippen molar-refractivity contribution in [3.05, 3.63) is 42.5 Å². The van der Waals surface area contributed by atoms with E-state index >= 15 is 0 Å². The van der Waals surface area contributed by atoms with Crippen LogP contribution in [-0.2, 0) is 14.8 Å². The van der Waals surface area contributed by atoms with Crippen molar-refractivity contribution in [2.45, 2.75) is 11.0 Å². The van der Waals surface area contributed by atoms with Crippen LogP contribution in [0.5, 0.6) is 11.5 Å². The normalized spacial score (nSPS) is 19.7. The van der Waals surface area contributed by atoms with Gasteiger partial charge in [0.1, 0.15) is 17.0 Å². The molecule has 2 aliphatic rings. The minimum Gasteiger partial charge on any atom is -0.485 e. The lowest BCUT2D eigenvalue weighted by Gasteiger charge is -2.36. The monoisotopic (exact) mass is 430 g/mol. The highest BCUT2D eigenvalue weighted by Crippen LogP contribution is 2.31. The molecule has 1 atom stereocenters. The van der Waals surface area contributed by atoms with E-state index in [0.717, 1.165) is 0 Å². The molecule has 2 aliphatic heterocycles. The second kappa shape index (κ2) is 7.26. The predicted molar refractivity (Wildman–Crippen MR) is 103 cm³/mol. The minimum absolute atomic E-state index is 0.0432. The average Bonchev–Trinajstić information content (AvgIpc) is 3.27. The summed E-state index contributed by atoms with van der Waals surface area (Å²) in [6.07, 6.45) is -0.752. The Morgan fingerprint density at radius 2 is 1.73 bits per heavy atom. The largest absolute Gasteiger partial charge is 0.485 e. The Balaban J connectivity index is 1.27. The second-order valence-electron chi connectivity index (χ2n) is 6.98. The van der Waals surface area contributed by atoms with Crippen molar-refractivity contribution in [3.63, 3.8) is 0 Å². The first-order chi connectivity index (χ1) is 14.5. The highest BCUT2D eigenvalue weighted by Gasteiger charge is 2.36. The number of carbonyl (C=O) groups excluding carboxylic acids is 1. The minimum atomic E-state index is -3.80. The van der Waals surface area contributed by atoms with E-state index in [0.29, 0.717) is 17.0 Å². The quantitative estimate of drug-likeness (QED) is 0.602. The lowest BCUT2D eigenvalue weighted by Crippen LogP contribution is -2.55. The number of nitrogens with zero attached hydrogens (tertiary/aromatic N) is 4. The van der Waals surface area contributed by atoms with Crippen molar-refractivity contribution >= 4 is 27.0 Å². The molecule has 0 saturated carbocycles. The highest BCUT2D eigenvalue weighted by molar-refractivity contribution is 7.89. The van der Waals surface area contributed by atoms with Crippen LogP contribution in [0.2, 0.25) is 0 Å². The molecule has 0 aliphatic carbocycles. The first-order valence-corrected chi connectivity index (χ1v) is 10.9. The van der Waals surface area contributed by atoms with Crippen LogP contribution in [0.1, 0.15) is 0 Å². The smallest absolute Gasteiger partial charge is 0.267 e. The zero-order valence-corrected chi connectivity index (χ0v) is 16.6. The molecule has 10 nitrogen and oxygen atoms in total. The number of benzene rings is 2. The summed E-state index contributed by atoms with van der Waals surface area (Å²) < 4.78 is 43.6. The zero-order chi connectivity index (χ0) is 20.7. The zero-order valence-electron chi connectivity index (χ0n) is 15.8. The standard InChI is InChI=1S/C19H18N4O6S/c24-19(16-12-27-14-5-1-2-6-15(14)28-16)22-8-10-23(11-9-22)30(25,26)17-7-3-4-13-18(17)21-29-20-13/h1-7,16H,8-12H2/t16-/m0/s1. The van der Waals surface area contributed by atoms with Gasteiger partial charge in [0.15, 0.2) is 17.0 Å². The van der Waals surface area contributed by atoms with Crippen LogP contribution in [0.25, 0.3) is 11.0 Å². The van der Waals surface area contributed by atoms with Gasteiger partial charge in [0.05, 0.1) is 0 Å². The molecule has 3 aromatic rings. The van der Waals surface area contributed by atoms with Crippen LogP contribution in [0, 0.1) is 0 Å². The van der Waals surface area contributed by atoms with Gasteiger partial charge in [0, 0.05) is 26.2 Å². The summed E-state index contributed by atoms with van der Waals surface area (Å²) in [7, 11) is -3.80. The first-order valence-electron chi connectivity index (χ1n) is 9.43. The van der Waals surface area contributed by atoms with Crippen LogP contribution < -0.4 is 9.47 Å². The summed E-state index contributed by atoms with van der Waals surface area (Å²) in [4.78, 5) is 14.5. The topological polar surface area (TPSA) is 115 Å². The molecule has 0 bridgehead atoms. The second-order valence-corrected chi connectivity index (χ2v) is 8.89. The van der Waals surface area contributed by atoms with Gasteiger partial charge in [-0.1, -0.05) is 18.2 Å². The van der Waals surface area contributed by atoms with E-state index in [2.05, 4.69) is 14.9 Å². The van der Waals surface area contributed by atoms with Crippen molar-refractivity contribution < 1.29 is 27.3 Å². The Morgan fingerprint density at radius 3 is 2.53 bits per heavy atom. The van der Waals surface area contributed by atoms with Crippen LogP contribution in [0.15, 0.2) is 52.0 Å². The number of rotatable bonds is 3. The van der Waals surface area contributed by atoms with Crippen LogP contribution in [-0.4, -0.2) is 72.7 Å². The molecule has 3 heterocycles. The summed E-state index contributed by atoms with van der Waals surface area (Å²) in [5, 5.41) is 7.41. The predicted octanol–water partition coefficient (Wildman–Crippen LogP) is 0.896. The Bertz CT molecular complexity index is 1200. The molecule has 0 unspecified atom stereocenters. The van der Waals surface area contributed by atoms with Gasteiger partial charge in [-0.25, -0.2) is 13.0 Å². The van der Waals surface area contributed by atoms with E-state index in [1.165, 1.54) is 10.4 Å². The Hall–Kier alpha value is -3.18. The average molecular weight is 430 g/mol. The molecule has 2 aromatic carbocycles. The third-order valence-electron chi connectivity index (χ3n) is 5.20. The molecular weight excluding hydrogens is 412 g/mol.